The minimum atomic E-state index is 0.238. The van der Waals surface area contributed by atoms with Crippen LogP contribution in [0, 0.1) is 5.41 Å². The van der Waals surface area contributed by atoms with Gasteiger partial charge in [0.2, 0.25) is 0 Å². The molecule has 0 aromatic carbocycles. The molecule has 3 N–H and O–H groups in total. The van der Waals surface area contributed by atoms with Crippen LogP contribution < -0.4 is 10.6 Å². The molecule has 0 aromatic heterocycles. The number of rotatable bonds is 7. The molecule has 0 unspecified atom stereocenters. The van der Waals surface area contributed by atoms with Crippen LogP contribution in [-0.2, 0) is 0 Å². The van der Waals surface area contributed by atoms with Gasteiger partial charge in [-0.05, 0) is 38.0 Å². The molecule has 0 aromatic rings. The molecule has 0 saturated heterocycles. The van der Waals surface area contributed by atoms with Crippen molar-refractivity contribution in [2.45, 2.75) is 58.8 Å². The Kier molecular flexibility index (Phi) is 7.87. The van der Waals surface area contributed by atoms with E-state index < -0.39 is 0 Å². The van der Waals surface area contributed by atoms with E-state index in [1.165, 1.54) is 32.1 Å². The van der Waals surface area contributed by atoms with Gasteiger partial charge in [-0.1, -0.05) is 26.2 Å². The van der Waals surface area contributed by atoms with Crippen LogP contribution in [0.5, 0.6) is 0 Å². The predicted octanol–water partition coefficient (Wildman–Crippen LogP) is 2.28. The minimum Gasteiger partial charge on any atom is -0.396 e. The molecule has 1 fully saturated rings. The van der Waals surface area contributed by atoms with Crippen LogP contribution in [0.15, 0.2) is 4.99 Å². The molecule has 1 aliphatic rings. The summed E-state index contributed by atoms with van der Waals surface area (Å²) >= 11 is 0. The third kappa shape index (κ3) is 5.81. The quantitative estimate of drug-likeness (QED) is 0.491. The minimum absolute atomic E-state index is 0.238. The number of nitrogens with zero attached hydrogens (tertiary/aromatic N) is 1. The Morgan fingerprint density at radius 2 is 1.89 bits per heavy atom. The van der Waals surface area contributed by atoms with Crippen LogP contribution >= 0.6 is 0 Å². The maximum Gasteiger partial charge on any atom is 0.191 e. The zero-order chi connectivity index (χ0) is 14.0. The second-order valence-electron chi connectivity index (χ2n) is 5.66. The van der Waals surface area contributed by atoms with Crippen molar-refractivity contribution in [2.24, 2.45) is 10.4 Å². The number of hydrogen-bond acceptors (Lipinski definition) is 2. The van der Waals surface area contributed by atoms with E-state index in [1.807, 2.05) is 0 Å². The first-order chi connectivity index (χ1) is 9.26. The number of aliphatic hydroxyl groups excluding tert-OH is 1. The fraction of sp³-hybridized carbons (Fsp3) is 0.933. The number of guanidine groups is 1. The van der Waals surface area contributed by atoms with Crippen molar-refractivity contribution < 1.29 is 5.11 Å². The Morgan fingerprint density at radius 3 is 2.47 bits per heavy atom. The van der Waals surface area contributed by atoms with Crippen molar-refractivity contribution in [3.63, 3.8) is 0 Å². The normalized spacial score (nSPS) is 19.2. The molecule has 0 radical (unpaired) electrons. The van der Waals surface area contributed by atoms with Crippen molar-refractivity contribution in [1.82, 2.24) is 10.6 Å². The third-order valence-electron chi connectivity index (χ3n) is 4.02. The molecule has 0 atom stereocenters. The Bertz CT molecular complexity index is 255. The SMILES string of the molecule is CCCNC(=NCC1(CCO)CCCCC1)NCC. The summed E-state index contributed by atoms with van der Waals surface area (Å²) in [6.07, 6.45) is 8.33. The van der Waals surface area contributed by atoms with Gasteiger partial charge in [-0.15, -0.1) is 0 Å². The van der Waals surface area contributed by atoms with E-state index in [4.69, 9.17) is 4.99 Å². The topological polar surface area (TPSA) is 56.7 Å². The molecule has 4 nitrogen and oxygen atoms in total. The first kappa shape index (κ1) is 16.3. The van der Waals surface area contributed by atoms with Gasteiger partial charge < -0.3 is 15.7 Å². The summed E-state index contributed by atoms with van der Waals surface area (Å²) in [5.74, 6) is 0.923. The molecule has 0 aliphatic heterocycles. The van der Waals surface area contributed by atoms with E-state index in [1.54, 1.807) is 0 Å². The lowest BCUT2D eigenvalue weighted by Gasteiger charge is -2.35. The molecule has 1 saturated carbocycles. The lowest BCUT2D eigenvalue weighted by atomic mass is 9.72. The second-order valence-corrected chi connectivity index (χ2v) is 5.66. The molecule has 112 valence electrons. The first-order valence-electron chi connectivity index (χ1n) is 7.89. The maximum atomic E-state index is 9.31. The van der Waals surface area contributed by atoms with E-state index in [0.29, 0.717) is 0 Å². The molecular weight excluding hydrogens is 238 g/mol. The lowest BCUT2D eigenvalue weighted by molar-refractivity contribution is 0.137. The molecule has 0 heterocycles. The average Bonchev–Trinajstić information content (AvgIpc) is 2.43. The number of hydrogen-bond donors (Lipinski definition) is 3. The van der Waals surface area contributed by atoms with Gasteiger partial charge in [0.1, 0.15) is 0 Å². The molecule has 1 rings (SSSR count). The summed E-state index contributed by atoms with van der Waals surface area (Å²) in [5, 5.41) is 16.0. The van der Waals surface area contributed by atoms with Gasteiger partial charge in [-0.2, -0.15) is 0 Å². The zero-order valence-corrected chi connectivity index (χ0v) is 12.7. The number of aliphatic hydroxyl groups is 1. The van der Waals surface area contributed by atoms with E-state index in [0.717, 1.165) is 38.4 Å². The van der Waals surface area contributed by atoms with Gasteiger partial charge >= 0.3 is 0 Å². The van der Waals surface area contributed by atoms with E-state index in [2.05, 4.69) is 24.5 Å². The number of nitrogens with one attached hydrogen (secondary N) is 2. The Hall–Kier alpha value is -0.770. The van der Waals surface area contributed by atoms with Gasteiger partial charge in [-0.25, -0.2) is 0 Å². The monoisotopic (exact) mass is 269 g/mol. The van der Waals surface area contributed by atoms with Gasteiger partial charge in [-0.3, -0.25) is 4.99 Å². The maximum absolute atomic E-state index is 9.31. The first-order valence-corrected chi connectivity index (χ1v) is 7.89. The van der Waals surface area contributed by atoms with Crippen LogP contribution in [0.3, 0.4) is 0 Å². The third-order valence-corrected chi connectivity index (χ3v) is 4.02. The molecule has 0 bridgehead atoms. The van der Waals surface area contributed by atoms with E-state index in [9.17, 15) is 5.11 Å². The van der Waals surface area contributed by atoms with Crippen LogP contribution in [0.1, 0.15) is 58.8 Å². The molecule has 1 aliphatic carbocycles. The van der Waals surface area contributed by atoms with Gasteiger partial charge in [0.25, 0.3) is 0 Å². The highest BCUT2D eigenvalue weighted by Crippen LogP contribution is 2.39. The Balaban J connectivity index is 2.59. The summed E-state index contributed by atoms with van der Waals surface area (Å²) in [4.78, 5) is 4.75. The average molecular weight is 269 g/mol. The second kappa shape index (κ2) is 9.18. The summed E-state index contributed by atoms with van der Waals surface area (Å²) in [6.45, 7) is 7.22. The van der Waals surface area contributed by atoms with E-state index >= 15 is 0 Å². The summed E-state index contributed by atoms with van der Waals surface area (Å²) in [5.41, 5.74) is 0.238. The molecule has 0 spiro atoms. The highest BCUT2D eigenvalue weighted by atomic mass is 16.3. The summed E-state index contributed by atoms with van der Waals surface area (Å²) in [7, 11) is 0. The van der Waals surface area contributed by atoms with E-state index in [-0.39, 0.29) is 12.0 Å². The van der Waals surface area contributed by atoms with Crippen LogP contribution in [0.2, 0.25) is 0 Å². The summed E-state index contributed by atoms with van der Waals surface area (Å²) in [6, 6.07) is 0. The van der Waals surface area contributed by atoms with Crippen molar-refractivity contribution in [3.05, 3.63) is 0 Å². The van der Waals surface area contributed by atoms with Gasteiger partial charge in [0.05, 0.1) is 0 Å². The summed E-state index contributed by atoms with van der Waals surface area (Å²) < 4.78 is 0. The Labute approximate surface area is 118 Å². The van der Waals surface area contributed by atoms with Gasteiger partial charge in [0, 0.05) is 26.2 Å². The fourth-order valence-electron chi connectivity index (χ4n) is 2.86. The molecular formula is C15H31N3O. The van der Waals surface area contributed by atoms with Gasteiger partial charge in [0.15, 0.2) is 5.96 Å². The lowest BCUT2D eigenvalue weighted by Crippen LogP contribution is -2.39. The van der Waals surface area contributed by atoms with Crippen molar-refractivity contribution in [1.29, 1.82) is 0 Å². The fourth-order valence-corrected chi connectivity index (χ4v) is 2.86. The standard InChI is InChI=1S/C15H31N3O/c1-3-11-17-14(16-4-2)18-13-15(10-12-19)8-6-5-7-9-15/h19H,3-13H2,1-2H3,(H2,16,17,18). The highest BCUT2D eigenvalue weighted by Gasteiger charge is 2.31. The number of aliphatic imine (C=N–C) groups is 1. The largest absolute Gasteiger partial charge is 0.396 e. The van der Waals surface area contributed by atoms with Crippen molar-refractivity contribution >= 4 is 5.96 Å². The molecule has 0 amide bonds. The molecule has 19 heavy (non-hydrogen) atoms. The highest BCUT2D eigenvalue weighted by molar-refractivity contribution is 5.79. The predicted molar refractivity (Wildman–Crippen MR) is 81.5 cm³/mol. The molecule has 4 heteroatoms. The van der Waals surface area contributed by atoms with Crippen LogP contribution in [0.4, 0.5) is 0 Å². The van der Waals surface area contributed by atoms with Crippen molar-refractivity contribution in [3.8, 4) is 0 Å². The zero-order valence-electron chi connectivity index (χ0n) is 12.7. The van der Waals surface area contributed by atoms with Crippen LogP contribution in [0.25, 0.3) is 0 Å². The van der Waals surface area contributed by atoms with Crippen molar-refractivity contribution in [2.75, 3.05) is 26.2 Å². The smallest absolute Gasteiger partial charge is 0.191 e. The van der Waals surface area contributed by atoms with Crippen LogP contribution in [-0.4, -0.2) is 37.3 Å². The Morgan fingerprint density at radius 1 is 1.16 bits per heavy atom.